The Labute approximate surface area is 150 Å². The standard InChI is InChI=1S/C17H13F6O3P/c1-27(13-10-6-3-7-11-13,24-12-8-4-2-5-9-12)25-14(16(18,19)20)15(26-27)17(21,22)23/h2-11H,1H3. The Hall–Kier alpha value is -2.41. The number of hydrogen-bond donors (Lipinski definition) is 0. The van der Waals surface area contributed by atoms with Crippen molar-refractivity contribution < 1.29 is 39.9 Å². The Bertz CT molecular complexity index is 836. The molecule has 0 radical (unpaired) electrons. The number of para-hydroxylation sites is 1. The molecule has 0 saturated heterocycles. The minimum atomic E-state index is -5.42. The molecule has 0 fully saturated rings. The second kappa shape index (κ2) is 6.05. The molecule has 0 bridgehead atoms. The average molecular weight is 410 g/mol. The van der Waals surface area contributed by atoms with E-state index in [1.165, 1.54) is 48.5 Å². The van der Waals surface area contributed by atoms with Crippen molar-refractivity contribution in [2.45, 2.75) is 12.4 Å². The van der Waals surface area contributed by atoms with E-state index < -0.39 is 31.2 Å². The number of benzene rings is 2. The Balaban J connectivity index is 2.20. The third-order valence-electron chi connectivity index (χ3n) is 3.72. The number of rotatable bonds is 3. The van der Waals surface area contributed by atoms with Crippen LogP contribution < -0.4 is 9.83 Å². The van der Waals surface area contributed by atoms with E-state index in [1.807, 2.05) is 0 Å². The van der Waals surface area contributed by atoms with Gasteiger partial charge in [-0.1, -0.05) is 0 Å². The predicted molar refractivity (Wildman–Crippen MR) is 87.3 cm³/mol. The molecule has 0 atom stereocenters. The van der Waals surface area contributed by atoms with Crippen LogP contribution in [-0.2, 0) is 9.05 Å². The van der Waals surface area contributed by atoms with E-state index in [0.717, 1.165) is 6.66 Å². The van der Waals surface area contributed by atoms with Crippen molar-refractivity contribution in [1.82, 2.24) is 0 Å². The number of halogens is 6. The third-order valence-corrected chi connectivity index (χ3v) is 7.01. The van der Waals surface area contributed by atoms with Crippen molar-refractivity contribution in [2.75, 3.05) is 6.66 Å². The van der Waals surface area contributed by atoms with Gasteiger partial charge in [0, 0.05) is 0 Å². The zero-order valence-corrected chi connectivity index (χ0v) is 14.6. The van der Waals surface area contributed by atoms with E-state index in [1.54, 1.807) is 12.1 Å². The Morgan fingerprint density at radius 1 is 0.704 bits per heavy atom. The van der Waals surface area contributed by atoms with Gasteiger partial charge in [-0.15, -0.1) is 0 Å². The van der Waals surface area contributed by atoms with Gasteiger partial charge in [0.15, 0.2) is 0 Å². The fraction of sp³-hybridized carbons (Fsp3) is 0.176. The summed E-state index contributed by atoms with van der Waals surface area (Å²) in [7, 11) is -5.11. The van der Waals surface area contributed by atoms with Gasteiger partial charge >= 0.3 is 149 Å². The van der Waals surface area contributed by atoms with E-state index in [4.69, 9.17) is 13.6 Å². The molecule has 2 aromatic carbocycles. The van der Waals surface area contributed by atoms with Crippen molar-refractivity contribution >= 4 is 12.6 Å². The van der Waals surface area contributed by atoms with Gasteiger partial charge in [0.25, 0.3) is 0 Å². The molecule has 0 N–H and O–H groups in total. The molecule has 146 valence electrons. The summed E-state index contributed by atoms with van der Waals surface area (Å²) < 4.78 is 95.4. The van der Waals surface area contributed by atoms with Crippen LogP contribution in [0.15, 0.2) is 72.2 Å². The van der Waals surface area contributed by atoms with Gasteiger partial charge in [0.05, 0.1) is 0 Å². The van der Waals surface area contributed by atoms with Crippen LogP contribution in [0.4, 0.5) is 26.3 Å². The summed E-state index contributed by atoms with van der Waals surface area (Å²) in [6.45, 7) is 0.998. The molecule has 1 heterocycles. The normalized spacial score (nSPS) is 20.2. The Kier molecular flexibility index (Phi) is 4.34. The molecule has 0 spiro atoms. The molecule has 0 aliphatic carbocycles. The molecular weight excluding hydrogens is 397 g/mol. The fourth-order valence-electron chi connectivity index (χ4n) is 2.57. The summed E-state index contributed by atoms with van der Waals surface area (Å²) in [6.07, 6.45) is -10.8. The monoisotopic (exact) mass is 410 g/mol. The van der Waals surface area contributed by atoms with Gasteiger partial charge in [-0.05, 0) is 0 Å². The fourth-order valence-corrected chi connectivity index (χ4v) is 5.66. The van der Waals surface area contributed by atoms with Crippen LogP contribution in [0.1, 0.15) is 0 Å². The van der Waals surface area contributed by atoms with E-state index in [-0.39, 0.29) is 11.1 Å². The summed E-state index contributed by atoms with van der Waals surface area (Å²) in [6, 6.07) is 14.4. The first-order valence-corrected chi connectivity index (χ1v) is 9.97. The van der Waals surface area contributed by atoms with Gasteiger partial charge in [0.2, 0.25) is 0 Å². The minimum absolute atomic E-state index is 0.00599. The second-order valence-electron chi connectivity index (χ2n) is 5.85. The van der Waals surface area contributed by atoms with E-state index >= 15 is 0 Å². The van der Waals surface area contributed by atoms with Crippen LogP contribution in [-0.4, -0.2) is 19.0 Å². The number of allylic oxidation sites excluding steroid dienone is 2. The first-order valence-electron chi connectivity index (χ1n) is 7.54. The molecule has 10 heteroatoms. The topological polar surface area (TPSA) is 27.7 Å². The second-order valence-corrected chi connectivity index (χ2v) is 9.45. The number of alkyl halides is 6. The molecule has 0 unspecified atom stereocenters. The molecule has 2 aromatic rings. The van der Waals surface area contributed by atoms with Gasteiger partial charge in [0.1, 0.15) is 0 Å². The first kappa shape index (κ1) is 19.4. The number of hydrogen-bond acceptors (Lipinski definition) is 3. The molecular formula is C17H13F6O3P. The van der Waals surface area contributed by atoms with Crippen molar-refractivity contribution in [3.63, 3.8) is 0 Å². The maximum absolute atomic E-state index is 13.3. The van der Waals surface area contributed by atoms with Crippen LogP contribution in [0.2, 0.25) is 0 Å². The van der Waals surface area contributed by atoms with Gasteiger partial charge < -0.3 is 0 Å². The van der Waals surface area contributed by atoms with E-state index in [0.29, 0.717) is 0 Å². The molecule has 1 aliphatic heterocycles. The predicted octanol–water partition coefficient (Wildman–Crippen LogP) is 5.70. The SMILES string of the molecule is CP1(Oc2ccccc2)(c2ccccc2)OC(C(F)(F)F)=C(C(F)(F)F)O1. The van der Waals surface area contributed by atoms with Crippen LogP contribution in [0.25, 0.3) is 0 Å². The quantitative estimate of drug-likeness (QED) is 0.480. The van der Waals surface area contributed by atoms with Crippen LogP contribution in [0.3, 0.4) is 0 Å². The molecule has 0 saturated carbocycles. The van der Waals surface area contributed by atoms with Crippen LogP contribution in [0.5, 0.6) is 5.75 Å². The van der Waals surface area contributed by atoms with Crippen LogP contribution >= 0.6 is 7.28 Å². The van der Waals surface area contributed by atoms with Crippen molar-refractivity contribution in [3.05, 3.63) is 72.2 Å². The maximum atomic E-state index is 13.3. The molecule has 27 heavy (non-hydrogen) atoms. The van der Waals surface area contributed by atoms with Gasteiger partial charge in [-0.3, -0.25) is 0 Å². The third kappa shape index (κ3) is 3.56. The van der Waals surface area contributed by atoms with Gasteiger partial charge in [-0.25, -0.2) is 0 Å². The zero-order chi connectivity index (χ0) is 19.9. The van der Waals surface area contributed by atoms with Crippen molar-refractivity contribution in [2.24, 2.45) is 0 Å². The molecule has 3 nitrogen and oxygen atoms in total. The molecule has 3 rings (SSSR count). The first-order chi connectivity index (χ1) is 12.4. The average Bonchev–Trinajstić information content (AvgIpc) is 2.93. The molecule has 0 aromatic heterocycles. The van der Waals surface area contributed by atoms with Crippen molar-refractivity contribution in [3.8, 4) is 5.75 Å². The van der Waals surface area contributed by atoms with Crippen LogP contribution in [0, 0.1) is 0 Å². The summed E-state index contributed by atoms with van der Waals surface area (Å²) in [5.74, 6) is -4.50. The summed E-state index contributed by atoms with van der Waals surface area (Å²) in [4.78, 5) is 0. The Morgan fingerprint density at radius 2 is 1.11 bits per heavy atom. The molecule has 0 amide bonds. The summed E-state index contributed by atoms with van der Waals surface area (Å²) >= 11 is 0. The summed E-state index contributed by atoms with van der Waals surface area (Å²) in [5.41, 5.74) is 0. The van der Waals surface area contributed by atoms with E-state index in [9.17, 15) is 26.3 Å². The van der Waals surface area contributed by atoms with E-state index in [2.05, 4.69) is 0 Å². The Morgan fingerprint density at radius 3 is 1.52 bits per heavy atom. The van der Waals surface area contributed by atoms with Gasteiger partial charge in [-0.2, -0.15) is 0 Å². The zero-order valence-electron chi connectivity index (χ0n) is 13.7. The van der Waals surface area contributed by atoms with Crippen molar-refractivity contribution in [1.29, 1.82) is 0 Å². The molecule has 1 aliphatic rings. The summed E-state index contributed by atoms with van der Waals surface area (Å²) in [5, 5.41) is -0.0617.